The molecule has 3 aliphatic heterocycles. The van der Waals surface area contributed by atoms with E-state index < -0.39 is 195 Å². The molecule has 0 radical (unpaired) electrons. The molecule has 20 N–H and O–H groups in total. The summed E-state index contributed by atoms with van der Waals surface area (Å²) in [7, 11) is 0. The summed E-state index contributed by atoms with van der Waals surface area (Å²) in [5, 5.41) is 93.5. The van der Waals surface area contributed by atoms with Crippen LogP contribution in [0.4, 0.5) is 43.7 Å². The highest BCUT2D eigenvalue weighted by Crippen LogP contribution is 2.40. The van der Waals surface area contributed by atoms with Crippen LogP contribution in [-0.2, 0) is 81.5 Å². The number of nitrogens with one attached hydrogen (secondary N) is 8. The number of benzene rings is 6. The molecule has 0 saturated carbocycles. The lowest BCUT2D eigenvalue weighted by Crippen LogP contribution is -2.55. The number of aliphatic hydroxyl groups excluding tert-OH is 3. The third-order valence-electron chi connectivity index (χ3n) is 19.1. The first-order chi connectivity index (χ1) is 68.2. The molecule has 6 aromatic rings. The van der Waals surface area contributed by atoms with E-state index in [4.69, 9.17) is 108 Å². The van der Waals surface area contributed by atoms with Crippen molar-refractivity contribution < 1.29 is 146 Å². The number of aldehydes is 1. The number of aromatic hydroxyl groups is 3. The van der Waals surface area contributed by atoms with Crippen LogP contribution in [0, 0.1) is 0 Å². The first kappa shape index (κ1) is 127. The summed E-state index contributed by atoms with van der Waals surface area (Å²) in [6, 6.07) is 15.8. The summed E-state index contributed by atoms with van der Waals surface area (Å²) in [5.41, 5.74) is 14.6. The Morgan fingerprint density at radius 1 is 0.397 bits per heavy atom. The van der Waals surface area contributed by atoms with Gasteiger partial charge in [0.25, 0.3) is 47.3 Å². The Labute approximate surface area is 868 Å². The second-order valence-corrected chi connectivity index (χ2v) is 33.2. The zero-order valence-corrected chi connectivity index (χ0v) is 83.6. The Morgan fingerprint density at radius 3 is 0.856 bits per heavy atom. The van der Waals surface area contributed by atoms with Gasteiger partial charge in [0.15, 0.2) is 23.0 Å². The van der Waals surface area contributed by atoms with Crippen molar-refractivity contribution in [2.45, 2.75) is 144 Å². The summed E-state index contributed by atoms with van der Waals surface area (Å²) >= 11 is 40.4. The number of phenols is 3. The SMILES string of the molecule is C.CC(=O)CO.CC(=O)C[C@@H](/C=N/NC(N)=O)NC(=O)CN1C(=O)[C@@H](NC(=O)c2cc(Cl)c(O)c(Cl)c2)CN(C(=O)CO)c2ccccc21.CCC(=O)Cl.CCC(=O)N1C[C@H](NC(=O)c2cc(Cl)c(O)c(Cl)c2)C(=O)N(CC(=O)N[C@H](/C=N/NC(N)=O)CC(C)=O)c2ccccc21.CCC(=O)O.CCC(C)=O.O=C[C@H](CC(=O)O)NC(=O)CN1C(=O)[C@@H](NC(=O)c2cc(Cl)c(O)c(Cl)c2)CN(C(=O)CO)c2ccccc21. The number of hydrogen-bond acceptors (Lipinski definition) is 30. The number of nitrogens with zero attached hydrogens (tertiary/aromatic N) is 8. The van der Waals surface area contributed by atoms with Crippen molar-refractivity contribution in [3.63, 3.8) is 0 Å². The Balaban J connectivity index is 0.000000672. The topological polar surface area (TPSA) is 730 Å². The van der Waals surface area contributed by atoms with Gasteiger partial charge in [-0.15, -0.1) is 0 Å². The third kappa shape index (κ3) is 41.4. The van der Waals surface area contributed by atoms with E-state index in [0.29, 0.717) is 18.5 Å². The maximum Gasteiger partial charge on any atom is 0.332 e. The van der Waals surface area contributed by atoms with Gasteiger partial charge in [-0.05, 0) is 112 Å². The van der Waals surface area contributed by atoms with Gasteiger partial charge in [0.05, 0.1) is 108 Å². The highest BCUT2D eigenvalue weighted by atomic mass is 35.5. The number of amides is 16. The fourth-order valence-electron chi connectivity index (χ4n) is 12.2. The van der Waals surface area contributed by atoms with Crippen molar-refractivity contribution in [2.24, 2.45) is 21.7 Å². The molecule has 6 aromatic carbocycles. The monoisotopic (exact) mass is 2180 g/mol. The molecule has 0 fully saturated rings. The van der Waals surface area contributed by atoms with E-state index in [1.165, 1.54) is 56.0 Å². The molecule has 0 saturated heterocycles. The standard InChI is InChI=1S/C27H29Cl2N7O7.C26H27Cl2N7O8.C24H22Cl2N4O9.C4H8O.C3H5ClO.2C3H6O2.CH4/c1-3-23(39)35-12-19(33-25(41)15-9-17(28)24(40)18(29)10-15)26(42)36(21-7-5-4-6-20(21)35)13-22(38)32-16(8-14(2)37)11-31-34-27(30)43;1-13(37)6-15(9-30-33-26(29)43)31-21(38)11-35-20-5-3-2-4-19(20)34(22(39)12-36)10-18(25(35)42)32-24(41)14-7-16(27)23(40)17(28)8-14;25-14-5-12(6-15(26)22(14)37)23(38)28-16-8-29(20(34)11-32)17-3-1-2-4-18(17)30(24(16)39)9-19(33)27-13(10-31)7-21(35)36;1-3-4(2)5;1-2-3(4)5;1-3(5)2-4;1-2-3(4)5;/h4-7,9-11,16,19,40H,3,8,12-13H2,1-2H3,(H,32,38)(H,33,41)(H3,30,34,43);2-5,7-9,15,18,36,40H,6,10-12H2,1H3,(H,31,38)(H,32,41)(H3,29,33,43);1-6,10,13,16,32,37H,7-9,11H2,(H,27,33)(H,28,38)(H,35,36);3H2,1-2H3;2H2,1H3;4H,2H2,1H3;2H2,1H3,(H,4,5);1H4/b31-11+;30-9+;;;;;;/t16-,19-;15-,18-;13-,16-;;;;;/m000...../s1. The number of urea groups is 2. The highest BCUT2D eigenvalue weighted by molar-refractivity contribution is 6.63. The Kier molecular flexibility index (Phi) is 55.1. The Morgan fingerprint density at radius 2 is 0.651 bits per heavy atom. The number of nitrogens with two attached hydrogens (primary N) is 2. The quantitative estimate of drug-likeness (QED) is 0.0110. The number of phenolic OH excluding ortho intramolecular Hbond substituents is 3. The zero-order chi connectivity index (χ0) is 110. The van der Waals surface area contributed by atoms with Gasteiger partial charge in [-0.1, -0.05) is 141 Å². The number of rotatable bonds is 33. The predicted molar refractivity (Wildman–Crippen MR) is 538 cm³/mol. The number of primary amides is 2. The van der Waals surface area contributed by atoms with E-state index in [-0.39, 0.29) is 162 Å². The number of carbonyl (C=O) groups is 22. The van der Waals surface area contributed by atoms with Crippen molar-refractivity contribution >= 4 is 257 Å². The summed E-state index contributed by atoms with van der Waals surface area (Å²) in [4.78, 5) is 271. The van der Waals surface area contributed by atoms with Gasteiger partial charge in [-0.3, -0.25) is 101 Å². The van der Waals surface area contributed by atoms with Gasteiger partial charge in [0, 0.05) is 67.6 Å². The Hall–Kier alpha value is -14.9. The van der Waals surface area contributed by atoms with Crippen LogP contribution >= 0.6 is 81.2 Å². The lowest BCUT2D eigenvalue weighted by molar-refractivity contribution is -0.139. The summed E-state index contributed by atoms with van der Waals surface area (Å²) in [6.07, 6.45) is 2.78. The average molecular weight is 2180 g/mol. The van der Waals surface area contributed by atoms with E-state index in [0.717, 1.165) is 73.3 Å². The minimum Gasteiger partial charge on any atom is -0.505 e. The molecular weight excluding hydrogens is 2070 g/mol. The number of carboxylic acid groups (broad SMARTS) is 2. The molecule has 790 valence electrons. The number of carboxylic acids is 2. The van der Waals surface area contributed by atoms with Gasteiger partial charge in [-0.25, -0.2) is 20.4 Å². The zero-order valence-electron chi connectivity index (χ0n) is 78.3. The number of aliphatic hydroxyl groups is 3. The molecular formula is C91H107Cl7N18O30. The lowest BCUT2D eigenvalue weighted by Gasteiger charge is -2.25. The second-order valence-electron chi connectivity index (χ2n) is 30.3. The van der Waals surface area contributed by atoms with Crippen LogP contribution in [0.2, 0.25) is 30.1 Å². The largest absolute Gasteiger partial charge is 0.505 e. The van der Waals surface area contributed by atoms with Gasteiger partial charge < -0.3 is 109 Å². The molecule has 0 unspecified atom stereocenters. The number of fused-ring (bicyclic) bond motifs is 3. The van der Waals surface area contributed by atoms with Crippen LogP contribution in [0.15, 0.2) is 119 Å². The third-order valence-corrected chi connectivity index (χ3v) is 21.1. The van der Waals surface area contributed by atoms with Gasteiger partial charge >= 0.3 is 24.0 Å². The lowest BCUT2D eigenvalue weighted by atomic mass is 10.1. The van der Waals surface area contributed by atoms with Crippen molar-refractivity contribution in [3.8, 4) is 17.2 Å². The first-order valence-electron chi connectivity index (χ1n) is 42.7. The minimum atomic E-state index is -1.46. The number of anilines is 6. The van der Waals surface area contributed by atoms with Crippen molar-refractivity contribution in [3.05, 3.63) is 156 Å². The van der Waals surface area contributed by atoms with Crippen LogP contribution in [-0.4, -0.2) is 278 Å². The molecule has 0 spiro atoms. The van der Waals surface area contributed by atoms with Crippen LogP contribution in [0.3, 0.4) is 0 Å². The molecule has 3 aliphatic rings. The van der Waals surface area contributed by atoms with Crippen molar-refractivity contribution in [1.82, 2.24) is 42.8 Å². The summed E-state index contributed by atoms with van der Waals surface area (Å²) < 4.78 is 0. The van der Waals surface area contributed by atoms with Gasteiger partial charge in [0.1, 0.15) is 81.2 Å². The number of hydrogen-bond donors (Lipinski definition) is 18. The van der Waals surface area contributed by atoms with Crippen LogP contribution < -0.4 is 83.6 Å². The molecule has 9 rings (SSSR count). The number of hydrazone groups is 2. The number of carbonyl (C=O) groups excluding carboxylic acids is 20. The average Bonchev–Trinajstić information content (AvgIpc) is 1.64. The van der Waals surface area contributed by atoms with E-state index in [2.05, 4.69) is 42.1 Å². The number of ketones is 4. The van der Waals surface area contributed by atoms with Gasteiger partial charge in [0.2, 0.25) is 28.9 Å². The predicted octanol–water partition coefficient (Wildman–Crippen LogP) is 5.15. The van der Waals surface area contributed by atoms with Crippen molar-refractivity contribution in [1.29, 1.82) is 0 Å². The molecule has 146 heavy (non-hydrogen) atoms. The molecule has 6 atom stereocenters. The van der Waals surface area contributed by atoms with E-state index in [1.54, 1.807) is 70.2 Å². The fraction of sp³-hybridized carbons (Fsp3) is 0.341. The van der Waals surface area contributed by atoms with E-state index >= 15 is 0 Å². The first-order valence-corrected chi connectivity index (χ1v) is 45.3. The van der Waals surface area contributed by atoms with Crippen LogP contribution in [0.5, 0.6) is 17.2 Å². The summed E-state index contributed by atoms with van der Waals surface area (Å²) in [5.74, 6) is -13.1. The molecule has 0 bridgehead atoms. The van der Waals surface area contributed by atoms with Crippen molar-refractivity contribution in [2.75, 3.05) is 88.5 Å². The van der Waals surface area contributed by atoms with Crippen LogP contribution in [0.1, 0.15) is 139 Å². The van der Waals surface area contributed by atoms with Gasteiger partial charge in [-0.2, -0.15) is 10.2 Å². The normalized spacial score (nSPS) is 14.2. The maximum atomic E-state index is 13.9. The maximum absolute atomic E-state index is 13.9. The fourth-order valence-corrected chi connectivity index (χ4v) is 13.7. The Bertz CT molecular complexity index is 5540. The smallest absolute Gasteiger partial charge is 0.332 e. The molecule has 48 nitrogen and oxygen atoms in total. The number of halogens is 7. The second kappa shape index (κ2) is 63.3. The molecule has 0 aliphatic carbocycles. The molecule has 16 amide bonds. The number of aliphatic carboxylic acids is 2. The molecule has 0 aromatic heterocycles. The highest BCUT2D eigenvalue weighted by Gasteiger charge is 2.42. The van der Waals surface area contributed by atoms with E-state index in [9.17, 15) is 131 Å². The van der Waals surface area contributed by atoms with Crippen LogP contribution in [0.25, 0.3) is 0 Å². The summed E-state index contributed by atoms with van der Waals surface area (Å²) in [6.45, 7) is 7.09. The number of para-hydroxylation sites is 6. The minimum absolute atomic E-state index is 0. The molecule has 55 heteroatoms. The van der Waals surface area contributed by atoms with E-state index in [1.807, 2.05) is 17.8 Å². The molecule has 3 heterocycles. The number of Topliss-reactive ketones (excluding diaryl/α,β-unsaturated/α-hetero) is 4.